The minimum atomic E-state index is -0.543. The van der Waals surface area contributed by atoms with Gasteiger partial charge in [-0.05, 0) is 39.1 Å². The molecule has 1 aromatic heterocycles. The molecule has 0 saturated carbocycles. The number of benzene rings is 1. The van der Waals surface area contributed by atoms with E-state index in [1.165, 1.54) is 11.0 Å². The van der Waals surface area contributed by atoms with Crippen LogP contribution in [0, 0.1) is 5.82 Å². The van der Waals surface area contributed by atoms with Crippen LogP contribution in [-0.4, -0.2) is 47.0 Å². The first-order valence-corrected chi connectivity index (χ1v) is 8.01. The van der Waals surface area contributed by atoms with Crippen molar-refractivity contribution in [3.63, 3.8) is 0 Å². The number of anilines is 1. The van der Waals surface area contributed by atoms with Crippen LogP contribution in [0.15, 0.2) is 30.6 Å². The second-order valence-corrected chi connectivity index (χ2v) is 6.33. The maximum Gasteiger partial charge on any atom is 0.243 e. The fourth-order valence-electron chi connectivity index (χ4n) is 2.98. The number of piperidine rings is 1. The average Bonchev–Trinajstić information content (AvgIpc) is 2.98. The zero-order valence-electron chi connectivity index (χ0n) is 13.9. The van der Waals surface area contributed by atoms with Crippen molar-refractivity contribution in [2.45, 2.75) is 25.4 Å². The minimum Gasteiger partial charge on any atom is -0.320 e. The number of hydrogen-bond acceptors (Lipinski definition) is 4. The average molecular weight is 331 g/mol. The van der Waals surface area contributed by atoms with Crippen molar-refractivity contribution in [1.82, 2.24) is 14.5 Å². The van der Waals surface area contributed by atoms with Crippen LogP contribution in [0.25, 0.3) is 5.69 Å². The van der Waals surface area contributed by atoms with Gasteiger partial charge in [0.05, 0.1) is 18.3 Å². The van der Waals surface area contributed by atoms with E-state index in [2.05, 4.69) is 4.98 Å². The summed E-state index contributed by atoms with van der Waals surface area (Å²) in [4.78, 5) is 19.9. The predicted octanol–water partition coefficient (Wildman–Crippen LogP) is 1.53. The van der Waals surface area contributed by atoms with Crippen molar-refractivity contribution >= 4 is 11.6 Å². The van der Waals surface area contributed by atoms with E-state index in [-0.39, 0.29) is 11.6 Å². The molecule has 2 aromatic rings. The van der Waals surface area contributed by atoms with E-state index in [0.717, 1.165) is 12.2 Å². The van der Waals surface area contributed by atoms with Crippen LogP contribution in [0.4, 0.5) is 10.1 Å². The van der Waals surface area contributed by atoms with Crippen molar-refractivity contribution in [3.8, 4) is 5.69 Å². The molecule has 1 aromatic carbocycles. The molecule has 2 heterocycles. The lowest BCUT2D eigenvalue weighted by Crippen LogP contribution is -2.48. The van der Waals surface area contributed by atoms with Crippen LogP contribution >= 0.6 is 0 Å². The van der Waals surface area contributed by atoms with E-state index in [1.807, 2.05) is 23.6 Å². The standard InChI is InChI=1S/C17H22FN5O/c1-21(2)11-16-20-7-9-22(16)12-5-6-15(13(18)10-12)23-8-3-4-14(19)17(23)24/h5-7,9-10,14H,3-4,8,11,19H2,1-2H3. The quantitative estimate of drug-likeness (QED) is 0.922. The van der Waals surface area contributed by atoms with Gasteiger partial charge in [-0.15, -0.1) is 0 Å². The molecule has 0 bridgehead atoms. The third kappa shape index (κ3) is 3.18. The summed E-state index contributed by atoms with van der Waals surface area (Å²) in [5.74, 6) is 0.173. The number of carbonyl (C=O) groups excluding carboxylic acids is 1. The van der Waals surface area contributed by atoms with Crippen molar-refractivity contribution < 1.29 is 9.18 Å². The Balaban J connectivity index is 1.91. The van der Waals surface area contributed by atoms with Gasteiger partial charge in [0.1, 0.15) is 11.6 Å². The number of halogens is 1. The molecule has 0 radical (unpaired) electrons. The molecule has 1 saturated heterocycles. The number of rotatable bonds is 4. The topological polar surface area (TPSA) is 67.4 Å². The van der Waals surface area contributed by atoms with Gasteiger partial charge in [-0.2, -0.15) is 0 Å². The van der Waals surface area contributed by atoms with Crippen molar-refractivity contribution in [2.75, 3.05) is 25.5 Å². The Bertz CT molecular complexity index is 742. The SMILES string of the molecule is CN(C)Cc1nccn1-c1ccc(N2CCCC(N)C2=O)c(F)c1. The third-order valence-corrected chi connectivity index (χ3v) is 4.16. The first-order chi connectivity index (χ1) is 11.5. The lowest BCUT2D eigenvalue weighted by atomic mass is 10.0. The molecule has 3 rings (SSSR count). The van der Waals surface area contributed by atoms with Crippen molar-refractivity contribution in [1.29, 1.82) is 0 Å². The number of aromatic nitrogens is 2. The molecule has 0 spiro atoms. The first-order valence-electron chi connectivity index (χ1n) is 8.01. The molecule has 128 valence electrons. The minimum absolute atomic E-state index is 0.219. The van der Waals surface area contributed by atoms with Gasteiger partial charge < -0.3 is 20.1 Å². The third-order valence-electron chi connectivity index (χ3n) is 4.16. The molecule has 1 aliphatic rings. The molecule has 1 aliphatic heterocycles. The van der Waals surface area contributed by atoms with Crippen LogP contribution in [0.5, 0.6) is 0 Å². The number of amides is 1. The van der Waals surface area contributed by atoms with Gasteiger partial charge in [0.15, 0.2) is 0 Å². The summed E-state index contributed by atoms with van der Waals surface area (Å²) in [6.07, 6.45) is 4.92. The molecule has 1 fully saturated rings. The Morgan fingerprint density at radius 2 is 2.21 bits per heavy atom. The van der Waals surface area contributed by atoms with Gasteiger partial charge in [-0.25, -0.2) is 9.37 Å². The summed E-state index contributed by atoms with van der Waals surface area (Å²) in [6.45, 7) is 1.15. The maximum atomic E-state index is 14.6. The van der Waals surface area contributed by atoms with Gasteiger partial charge in [0, 0.05) is 30.7 Å². The van der Waals surface area contributed by atoms with Crippen molar-refractivity contribution in [2.24, 2.45) is 5.73 Å². The molecule has 7 heteroatoms. The van der Waals surface area contributed by atoms with Crippen LogP contribution in [0.2, 0.25) is 0 Å². The summed E-state index contributed by atoms with van der Waals surface area (Å²) in [5, 5.41) is 0. The van der Waals surface area contributed by atoms with Gasteiger partial charge in [-0.1, -0.05) is 0 Å². The molecule has 1 atom stereocenters. The van der Waals surface area contributed by atoms with E-state index in [1.54, 1.807) is 24.5 Å². The smallest absolute Gasteiger partial charge is 0.243 e. The monoisotopic (exact) mass is 331 g/mol. The maximum absolute atomic E-state index is 14.6. The zero-order valence-corrected chi connectivity index (χ0v) is 13.9. The Morgan fingerprint density at radius 1 is 1.42 bits per heavy atom. The summed E-state index contributed by atoms with van der Waals surface area (Å²) >= 11 is 0. The lowest BCUT2D eigenvalue weighted by Gasteiger charge is -2.30. The van der Waals surface area contributed by atoms with Gasteiger partial charge in [0.2, 0.25) is 5.91 Å². The highest BCUT2D eigenvalue weighted by Crippen LogP contribution is 2.26. The van der Waals surface area contributed by atoms with Crippen LogP contribution < -0.4 is 10.6 Å². The van der Waals surface area contributed by atoms with E-state index in [9.17, 15) is 9.18 Å². The largest absolute Gasteiger partial charge is 0.320 e. The zero-order chi connectivity index (χ0) is 17.3. The van der Waals surface area contributed by atoms with Gasteiger partial charge >= 0.3 is 0 Å². The fourth-order valence-corrected chi connectivity index (χ4v) is 2.98. The highest BCUT2D eigenvalue weighted by molar-refractivity contribution is 5.97. The molecule has 1 amide bonds. The summed E-state index contributed by atoms with van der Waals surface area (Å²) in [7, 11) is 3.90. The molecule has 0 aliphatic carbocycles. The Labute approximate surface area is 140 Å². The van der Waals surface area contributed by atoms with Crippen LogP contribution in [0.1, 0.15) is 18.7 Å². The van der Waals surface area contributed by atoms with Gasteiger partial charge in [0.25, 0.3) is 0 Å². The summed E-state index contributed by atoms with van der Waals surface area (Å²) < 4.78 is 16.5. The molecular weight excluding hydrogens is 309 g/mol. The molecule has 1 unspecified atom stereocenters. The number of nitrogens with two attached hydrogens (primary N) is 1. The normalized spacial score (nSPS) is 18.5. The Kier molecular flexibility index (Phi) is 4.64. The Morgan fingerprint density at radius 3 is 2.92 bits per heavy atom. The second-order valence-electron chi connectivity index (χ2n) is 6.33. The van der Waals surface area contributed by atoms with E-state index in [4.69, 9.17) is 5.73 Å². The molecule has 24 heavy (non-hydrogen) atoms. The number of imidazole rings is 1. The van der Waals surface area contributed by atoms with Crippen LogP contribution in [0.3, 0.4) is 0 Å². The molecule has 2 N–H and O–H groups in total. The van der Waals surface area contributed by atoms with E-state index < -0.39 is 11.9 Å². The summed E-state index contributed by atoms with van der Waals surface area (Å²) in [6, 6.07) is 4.33. The lowest BCUT2D eigenvalue weighted by molar-refractivity contribution is -0.120. The second kappa shape index (κ2) is 6.70. The highest BCUT2D eigenvalue weighted by Gasteiger charge is 2.28. The van der Waals surface area contributed by atoms with E-state index in [0.29, 0.717) is 25.2 Å². The molecule has 6 nitrogen and oxygen atoms in total. The number of carbonyl (C=O) groups is 1. The Hall–Kier alpha value is -2.25. The van der Waals surface area contributed by atoms with Crippen LogP contribution in [-0.2, 0) is 11.3 Å². The summed E-state index contributed by atoms with van der Waals surface area (Å²) in [5.41, 5.74) is 6.76. The van der Waals surface area contributed by atoms with Crippen molar-refractivity contribution in [3.05, 3.63) is 42.2 Å². The van der Waals surface area contributed by atoms with Gasteiger partial charge in [-0.3, -0.25) is 4.79 Å². The molecular formula is C17H22FN5O. The number of hydrogen-bond donors (Lipinski definition) is 1. The highest BCUT2D eigenvalue weighted by atomic mass is 19.1. The first kappa shape index (κ1) is 16.6. The van der Waals surface area contributed by atoms with E-state index >= 15 is 0 Å². The fraction of sp³-hybridized carbons (Fsp3) is 0.412. The number of nitrogens with zero attached hydrogens (tertiary/aromatic N) is 4. The predicted molar refractivity (Wildman–Crippen MR) is 90.5 cm³/mol.